The van der Waals surface area contributed by atoms with Crippen molar-refractivity contribution in [3.05, 3.63) is 54.5 Å². The zero-order valence-corrected chi connectivity index (χ0v) is 10.1. The van der Waals surface area contributed by atoms with Crippen LogP contribution in [0.5, 0.6) is 11.5 Å². The van der Waals surface area contributed by atoms with E-state index in [1.807, 2.05) is 0 Å². The van der Waals surface area contributed by atoms with Crippen LogP contribution in [0.2, 0.25) is 0 Å². The van der Waals surface area contributed by atoms with Crippen molar-refractivity contribution in [2.75, 3.05) is 0 Å². The summed E-state index contributed by atoms with van der Waals surface area (Å²) in [6.45, 7) is 0. The number of fused-ring (bicyclic) bond motifs is 1. The molecule has 2 heterocycles. The average Bonchev–Trinajstić information content (AvgIpc) is 2.90. The monoisotopic (exact) mass is 278 g/mol. The Kier molecular flexibility index (Phi) is 2.85. The first-order valence-corrected chi connectivity index (χ1v) is 5.81. The van der Waals surface area contributed by atoms with Crippen LogP contribution in [0.3, 0.4) is 0 Å². The average molecular weight is 278 g/mol. The summed E-state index contributed by atoms with van der Waals surface area (Å²) in [6, 6.07) is 7.13. The second-order valence-electron chi connectivity index (χ2n) is 4.16. The highest BCUT2D eigenvalue weighted by Gasteiger charge is 2.33. The van der Waals surface area contributed by atoms with Crippen molar-refractivity contribution in [1.29, 1.82) is 0 Å². The van der Waals surface area contributed by atoms with Gasteiger partial charge in [-0.1, -0.05) is 6.07 Å². The summed E-state index contributed by atoms with van der Waals surface area (Å²) in [7, 11) is 0. The largest absolute Gasteiger partial charge is 0.455 e. The van der Waals surface area contributed by atoms with Crippen LogP contribution in [-0.4, -0.2) is 9.97 Å². The number of hydrogen-bond donors (Lipinski definition) is 1. The Morgan fingerprint density at radius 2 is 1.95 bits per heavy atom. The molecule has 2 aromatic heterocycles. The van der Waals surface area contributed by atoms with Gasteiger partial charge in [-0.05, 0) is 24.3 Å². The van der Waals surface area contributed by atoms with Gasteiger partial charge in [-0.15, -0.1) is 0 Å². The van der Waals surface area contributed by atoms with Crippen molar-refractivity contribution in [3.8, 4) is 11.5 Å². The number of rotatable bonds is 2. The maximum atomic E-state index is 12.9. The summed E-state index contributed by atoms with van der Waals surface area (Å²) in [5.41, 5.74) is -0.887. The summed E-state index contributed by atoms with van der Waals surface area (Å²) in [6.07, 6.45) is 0.137. The summed E-state index contributed by atoms with van der Waals surface area (Å²) in [5, 5.41) is 0.323. The molecular weight excluding hydrogens is 269 g/mol. The first-order valence-electron chi connectivity index (χ1n) is 5.81. The Balaban J connectivity index is 2.16. The smallest absolute Gasteiger partial charge is 0.418 e. The molecule has 0 aliphatic heterocycles. The van der Waals surface area contributed by atoms with Crippen LogP contribution in [0.4, 0.5) is 13.2 Å². The first kappa shape index (κ1) is 12.5. The number of alkyl halides is 3. The first-order chi connectivity index (χ1) is 9.55. The quantitative estimate of drug-likeness (QED) is 0.755. The SMILES string of the molecule is FC(F)(F)c1cccc2c(Oc3cc[nH]c3)ccnc12. The van der Waals surface area contributed by atoms with Gasteiger partial charge in [-0.25, -0.2) is 0 Å². The third kappa shape index (κ3) is 2.20. The molecule has 0 aliphatic rings. The zero-order valence-electron chi connectivity index (χ0n) is 10.1. The number of aromatic nitrogens is 2. The van der Waals surface area contributed by atoms with Crippen LogP contribution < -0.4 is 4.74 Å². The minimum atomic E-state index is -4.45. The molecule has 0 saturated carbocycles. The number of para-hydroxylation sites is 1. The maximum absolute atomic E-state index is 12.9. The number of benzene rings is 1. The van der Waals surface area contributed by atoms with E-state index >= 15 is 0 Å². The lowest BCUT2D eigenvalue weighted by Gasteiger charge is -2.11. The molecule has 1 N–H and O–H groups in total. The second kappa shape index (κ2) is 4.56. The van der Waals surface area contributed by atoms with Crippen LogP contribution in [-0.2, 0) is 6.18 Å². The second-order valence-corrected chi connectivity index (χ2v) is 4.16. The fourth-order valence-corrected chi connectivity index (χ4v) is 1.97. The zero-order chi connectivity index (χ0) is 14.2. The van der Waals surface area contributed by atoms with Crippen molar-refractivity contribution >= 4 is 10.9 Å². The van der Waals surface area contributed by atoms with E-state index < -0.39 is 11.7 Å². The van der Waals surface area contributed by atoms with E-state index in [9.17, 15) is 13.2 Å². The summed E-state index contributed by atoms with van der Waals surface area (Å²) in [4.78, 5) is 6.64. The van der Waals surface area contributed by atoms with Crippen molar-refractivity contribution in [2.24, 2.45) is 0 Å². The van der Waals surface area contributed by atoms with Gasteiger partial charge in [0.2, 0.25) is 0 Å². The molecule has 0 bridgehead atoms. The van der Waals surface area contributed by atoms with Crippen LogP contribution in [0.25, 0.3) is 10.9 Å². The van der Waals surface area contributed by atoms with Crippen LogP contribution in [0, 0.1) is 0 Å². The number of nitrogens with zero attached hydrogens (tertiary/aromatic N) is 1. The molecule has 0 saturated heterocycles. The molecule has 102 valence electrons. The predicted molar refractivity (Wildman–Crippen MR) is 67.6 cm³/mol. The van der Waals surface area contributed by atoms with Gasteiger partial charge >= 0.3 is 6.18 Å². The lowest BCUT2D eigenvalue weighted by molar-refractivity contribution is -0.136. The highest BCUT2D eigenvalue weighted by atomic mass is 19.4. The van der Waals surface area contributed by atoms with E-state index in [0.717, 1.165) is 6.07 Å². The third-order valence-electron chi connectivity index (χ3n) is 2.83. The third-order valence-corrected chi connectivity index (χ3v) is 2.83. The van der Waals surface area contributed by atoms with Gasteiger partial charge in [-0.2, -0.15) is 13.2 Å². The molecule has 20 heavy (non-hydrogen) atoms. The molecule has 0 amide bonds. The number of ether oxygens (including phenoxy) is 1. The standard InChI is InChI=1S/C14H9F3N2O/c15-14(16,17)11-3-1-2-10-12(5-7-19-13(10)11)20-9-4-6-18-8-9/h1-8,18H. The maximum Gasteiger partial charge on any atom is 0.418 e. The molecule has 1 aromatic carbocycles. The Morgan fingerprint density at radius 1 is 1.10 bits per heavy atom. The normalized spacial score (nSPS) is 11.8. The van der Waals surface area contributed by atoms with Crippen LogP contribution >= 0.6 is 0 Å². The van der Waals surface area contributed by atoms with Gasteiger partial charge < -0.3 is 9.72 Å². The number of nitrogens with one attached hydrogen (secondary N) is 1. The Morgan fingerprint density at radius 3 is 2.65 bits per heavy atom. The molecule has 0 aliphatic carbocycles. The van der Waals surface area contributed by atoms with Gasteiger partial charge in [0, 0.05) is 24.0 Å². The van der Waals surface area contributed by atoms with E-state index in [2.05, 4.69) is 9.97 Å². The molecule has 0 spiro atoms. The van der Waals surface area contributed by atoms with Crippen molar-refractivity contribution in [2.45, 2.75) is 6.18 Å². The molecular formula is C14H9F3N2O. The number of H-pyrrole nitrogens is 1. The van der Waals surface area contributed by atoms with E-state index in [0.29, 0.717) is 16.9 Å². The lowest BCUT2D eigenvalue weighted by Crippen LogP contribution is -2.06. The number of pyridine rings is 1. The van der Waals surface area contributed by atoms with Gasteiger partial charge in [0.25, 0.3) is 0 Å². The van der Waals surface area contributed by atoms with E-state index in [1.165, 1.54) is 18.3 Å². The van der Waals surface area contributed by atoms with Gasteiger partial charge in [0.1, 0.15) is 11.5 Å². The van der Waals surface area contributed by atoms with E-state index in [1.54, 1.807) is 24.5 Å². The Labute approximate surface area is 112 Å². The molecule has 0 radical (unpaired) electrons. The van der Waals surface area contributed by atoms with Crippen molar-refractivity contribution < 1.29 is 17.9 Å². The van der Waals surface area contributed by atoms with E-state index in [4.69, 9.17) is 4.74 Å². The molecule has 3 rings (SSSR count). The molecule has 3 aromatic rings. The fourth-order valence-electron chi connectivity index (χ4n) is 1.97. The van der Waals surface area contributed by atoms with Gasteiger partial charge in [0.05, 0.1) is 11.1 Å². The summed E-state index contributed by atoms with van der Waals surface area (Å²) < 4.78 is 44.4. The Bertz CT molecular complexity index is 736. The molecule has 3 nitrogen and oxygen atoms in total. The number of aromatic amines is 1. The van der Waals surface area contributed by atoms with Crippen LogP contribution in [0.1, 0.15) is 5.56 Å². The summed E-state index contributed by atoms with van der Waals surface area (Å²) >= 11 is 0. The fraction of sp³-hybridized carbons (Fsp3) is 0.0714. The Hall–Kier alpha value is -2.50. The number of hydrogen-bond acceptors (Lipinski definition) is 2. The predicted octanol–water partition coefficient (Wildman–Crippen LogP) is 4.37. The molecule has 0 unspecified atom stereocenters. The van der Waals surface area contributed by atoms with Crippen molar-refractivity contribution in [1.82, 2.24) is 9.97 Å². The molecule has 0 atom stereocenters. The lowest BCUT2D eigenvalue weighted by atomic mass is 10.1. The minimum Gasteiger partial charge on any atom is -0.455 e. The highest BCUT2D eigenvalue weighted by molar-refractivity contribution is 5.88. The summed E-state index contributed by atoms with van der Waals surface area (Å²) in [5.74, 6) is 0.857. The molecule has 6 heteroatoms. The number of halogens is 3. The van der Waals surface area contributed by atoms with Gasteiger partial charge in [-0.3, -0.25) is 4.98 Å². The van der Waals surface area contributed by atoms with Crippen molar-refractivity contribution in [3.63, 3.8) is 0 Å². The van der Waals surface area contributed by atoms with E-state index in [-0.39, 0.29) is 5.52 Å². The molecule has 0 fully saturated rings. The van der Waals surface area contributed by atoms with Gasteiger partial charge in [0.15, 0.2) is 0 Å². The minimum absolute atomic E-state index is 0.118. The van der Waals surface area contributed by atoms with Crippen LogP contribution in [0.15, 0.2) is 48.9 Å². The topological polar surface area (TPSA) is 37.9 Å². The highest BCUT2D eigenvalue weighted by Crippen LogP contribution is 2.37.